The quantitative estimate of drug-likeness (QED) is 0.376. The smallest absolute Gasteiger partial charge is 0.181 e. The van der Waals surface area contributed by atoms with Crippen molar-refractivity contribution in [1.82, 2.24) is 19.5 Å². The zero-order valence-electron chi connectivity index (χ0n) is 18.1. The van der Waals surface area contributed by atoms with Gasteiger partial charge in [0.1, 0.15) is 28.7 Å². The molecule has 0 atom stereocenters. The molecule has 166 valence electrons. The monoisotopic (exact) mass is 447 g/mol. The van der Waals surface area contributed by atoms with E-state index in [4.69, 9.17) is 9.15 Å². The van der Waals surface area contributed by atoms with Crippen LogP contribution in [0.2, 0.25) is 0 Å². The molecule has 0 aliphatic heterocycles. The van der Waals surface area contributed by atoms with E-state index in [1.807, 2.05) is 25.1 Å². The third-order valence-electron chi connectivity index (χ3n) is 5.43. The molecule has 0 fully saturated rings. The van der Waals surface area contributed by atoms with Gasteiger partial charge in [-0.1, -0.05) is 0 Å². The molecule has 33 heavy (non-hydrogen) atoms. The first kappa shape index (κ1) is 20.6. The van der Waals surface area contributed by atoms with E-state index >= 15 is 0 Å². The van der Waals surface area contributed by atoms with E-state index in [0.717, 1.165) is 22.8 Å². The molecule has 0 unspecified atom stereocenters. The molecule has 7 nitrogen and oxygen atoms in total. The van der Waals surface area contributed by atoms with Crippen molar-refractivity contribution in [3.63, 3.8) is 0 Å². The minimum absolute atomic E-state index is 0.203. The molecule has 9 heteroatoms. The number of rotatable bonds is 5. The van der Waals surface area contributed by atoms with Gasteiger partial charge in [0.15, 0.2) is 18.0 Å². The van der Waals surface area contributed by atoms with Crippen molar-refractivity contribution in [2.75, 3.05) is 12.4 Å². The standard InChI is InChI=1S/C24H19F2N5O2/c1-13-22(33-12-28-13)17-7-5-15(11-20(17)32-3)29-23-21-19(8-9-27-23)31(2)24(30-21)16-6-4-14(25)10-18(16)26/h4-12H,1-3H3,(H,27,29). The Morgan fingerprint density at radius 1 is 1.03 bits per heavy atom. The number of pyridine rings is 1. The normalized spacial score (nSPS) is 11.2. The van der Waals surface area contributed by atoms with Crippen LogP contribution in [0.3, 0.4) is 0 Å². The average molecular weight is 447 g/mol. The molecule has 1 N–H and O–H groups in total. The maximum Gasteiger partial charge on any atom is 0.181 e. The minimum atomic E-state index is -0.682. The Bertz CT molecular complexity index is 1490. The predicted octanol–water partition coefficient (Wildman–Crippen LogP) is 5.63. The molecule has 0 saturated heterocycles. The SMILES string of the molecule is COc1cc(Nc2nccc3c2nc(-c2ccc(F)cc2F)n3C)ccc1-c1ocnc1C. The van der Waals surface area contributed by atoms with Crippen LogP contribution in [0.15, 0.2) is 59.5 Å². The number of hydrogen-bond acceptors (Lipinski definition) is 6. The zero-order valence-corrected chi connectivity index (χ0v) is 18.1. The zero-order chi connectivity index (χ0) is 23.1. The summed E-state index contributed by atoms with van der Waals surface area (Å²) in [6, 6.07) is 10.8. The Morgan fingerprint density at radius 3 is 2.58 bits per heavy atom. The van der Waals surface area contributed by atoms with Crippen LogP contribution >= 0.6 is 0 Å². The highest BCUT2D eigenvalue weighted by atomic mass is 19.1. The molecule has 3 heterocycles. The Morgan fingerprint density at radius 2 is 1.85 bits per heavy atom. The lowest BCUT2D eigenvalue weighted by atomic mass is 10.1. The van der Waals surface area contributed by atoms with Gasteiger partial charge in [-0.2, -0.15) is 0 Å². The Labute approximate surface area is 187 Å². The number of imidazole rings is 1. The van der Waals surface area contributed by atoms with Crippen molar-refractivity contribution in [2.24, 2.45) is 7.05 Å². The van der Waals surface area contributed by atoms with E-state index in [0.29, 0.717) is 34.4 Å². The Kier molecular flexibility index (Phi) is 5.01. The number of aryl methyl sites for hydroxylation is 2. The first-order valence-corrected chi connectivity index (χ1v) is 10.1. The van der Waals surface area contributed by atoms with Gasteiger partial charge in [0, 0.05) is 31.1 Å². The summed E-state index contributed by atoms with van der Waals surface area (Å²) in [6.07, 6.45) is 3.03. The summed E-state index contributed by atoms with van der Waals surface area (Å²) in [5, 5.41) is 3.26. The maximum atomic E-state index is 14.4. The molecule has 0 saturated carbocycles. The van der Waals surface area contributed by atoms with E-state index < -0.39 is 11.6 Å². The second kappa shape index (κ2) is 8.01. The summed E-state index contributed by atoms with van der Waals surface area (Å²) in [4.78, 5) is 13.2. The van der Waals surface area contributed by atoms with E-state index in [1.165, 1.54) is 18.5 Å². The van der Waals surface area contributed by atoms with Crippen LogP contribution in [-0.2, 0) is 7.05 Å². The number of benzene rings is 2. The summed E-state index contributed by atoms with van der Waals surface area (Å²) >= 11 is 0. The number of ether oxygens (including phenoxy) is 1. The molecule has 5 aromatic rings. The van der Waals surface area contributed by atoms with Crippen LogP contribution in [0, 0.1) is 18.6 Å². The number of aromatic nitrogens is 4. The summed E-state index contributed by atoms with van der Waals surface area (Å²) in [5.74, 6) is 0.766. The van der Waals surface area contributed by atoms with Gasteiger partial charge in [-0.25, -0.2) is 23.7 Å². The highest BCUT2D eigenvalue weighted by molar-refractivity contribution is 5.91. The number of nitrogens with zero attached hydrogens (tertiary/aromatic N) is 4. The van der Waals surface area contributed by atoms with Crippen LogP contribution in [0.25, 0.3) is 33.7 Å². The third kappa shape index (κ3) is 3.57. The van der Waals surface area contributed by atoms with Gasteiger partial charge in [-0.3, -0.25) is 0 Å². The molecule has 2 aromatic carbocycles. The third-order valence-corrected chi connectivity index (χ3v) is 5.43. The van der Waals surface area contributed by atoms with Crippen LogP contribution in [0.4, 0.5) is 20.3 Å². The van der Waals surface area contributed by atoms with Gasteiger partial charge < -0.3 is 19.0 Å². The molecule has 0 spiro atoms. The number of fused-ring (bicyclic) bond motifs is 1. The molecular weight excluding hydrogens is 428 g/mol. The number of oxazole rings is 1. The summed E-state index contributed by atoms with van der Waals surface area (Å²) in [6.45, 7) is 1.86. The van der Waals surface area contributed by atoms with Gasteiger partial charge >= 0.3 is 0 Å². The second-order valence-electron chi connectivity index (χ2n) is 7.45. The number of methoxy groups -OCH3 is 1. The maximum absolute atomic E-state index is 14.4. The van der Waals surface area contributed by atoms with Crippen molar-refractivity contribution >= 4 is 22.5 Å². The fourth-order valence-electron chi connectivity index (χ4n) is 3.78. The fraction of sp³-hybridized carbons (Fsp3) is 0.125. The van der Waals surface area contributed by atoms with Crippen LogP contribution < -0.4 is 10.1 Å². The van der Waals surface area contributed by atoms with Gasteiger partial charge in [0.25, 0.3) is 0 Å². The van der Waals surface area contributed by atoms with Gasteiger partial charge in [0.2, 0.25) is 0 Å². The average Bonchev–Trinajstić information content (AvgIpc) is 3.38. The van der Waals surface area contributed by atoms with E-state index in [2.05, 4.69) is 20.3 Å². The molecule has 0 aliphatic rings. The summed E-state index contributed by atoms with van der Waals surface area (Å²) in [5.41, 5.74) is 3.74. The molecule has 0 aliphatic carbocycles. The fourth-order valence-corrected chi connectivity index (χ4v) is 3.78. The predicted molar refractivity (Wildman–Crippen MR) is 120 cm³/mol. The molecular formula is C24H19F2N5O2. The number of halogens is 2. The van der Waals surface area contributed by atoms with Crippen LogP contribution in [0.1, 0.15) is 5.69 Å². The van der Waals surface area contributed by atoms with E-state index in [-0.39, 0.29) is 5.56 Å². The molecule has 0 bridgehead atoms. The topological polar surface area (TPSA) is 78.0 Å². The number of hydrogen-bond donors (Lipinski definition) is 1. The molecule has 3 aromatic heterocycles. The first-order chi connectivity index (χ1) is 16.0. The lowest BCUT2D eigenvalue weighted by Gasteiger charge is -2.11. The summed E-state index contributed by atoms with van der Waals surface area (Å²) < 4.78 is 40.6. The molecule has 5 rings (SSSR count). The van der Waals surface area contributed by atoms with Gasteiger partial charge in [-0.05, 0) is 37.3 Å². The lowest BCUT2D eigenvalue weighted by molar-refractivity contribution is 0.415. The highest BCUT2D eigenvalue weighted by Gasteiger charge is 2.18. The van der Waals surface area contributed by atoms with Crippen molar-refractivity contribution in [3.05, 3.63) is 72.4 Å². The van der Waals surface area contributed by atoms with Gasteiger partial charge in [-0.15, -0.1) is 0 Å². The number of nitrogens with one attached hydrogen (secondary N) is 1. The second-order valence-corrected chi connectivity index (χ2v) is 7.45. The van der Waals surface area contributed by atoms with Crippen molar-refractivity contribution in [1.29, 1.82) is 0 Å². The largest absolute Gasteiger partial charge is 0.496 e. The van der Waals surface area contributed by atoms with E-state index in [9.17, 15) is 8.78 Å². The highest BCUT2D eigenvalue weighted by Crippen LogP contribution is 2.36. The Hall–Kier alpha value is -4.27. The molecule has 0 amide bonds. The lowest BCUT2D eigenvalue weighted by Crippen LogP contribution is -1.97. The van der Waals surface area contributed by atoms with Crippen LogP contribution in [-0.4, -0.2) is 26.6 Å². The molecule has 0 radical (unpaired) electrons. The van der Waals surface area contributed by atoms with Crippen molar-refractivity contribution in [3.8, 4) is 28.5 Å². The Balaban J connectivity index is 1.55. The minimum Gasteiger partial charge on any atom is -0.496 e. The summed E-state index contributed by atoms with van der Waals surface area (Å²) in [7, 11) is 3.35. The van der Waals surface area contributed by atoms with Crippen molar-refractivity contribution in [2.45, 2.75) is 6.92 Å². The van der Waals surface area contributed by atoms with E-state index in [1.54, 1.807) is 31.0 Å². The first-order valence-electron chi connectivity index (χ1n) is 10.1. The number of anilines is 2. The van der Waals surface area contributed by atoms with Crippen LogP contribution in [0.5, 0.6) is 5.75 Å². The van der Waals surface area contributed by atoms with Crippen molar-refractivity contribution < 1.29 is 17.9 Å². The van der Waals surface area contributed by atoms with Gasteiger partial charge in [0.05, 0.1) is 29.4 Å².